The monoisotopic (exact) mass is 280 g/mol. The number of rotatable bonds is 5. The van der Waals surface area contributed by atoms with Crippen LogP contribution in [0.25, 0.3) is 0 Å². The molecule has 1 aromatic rings. The SMILES string of the molecule is CC(CCS(C)=O)Nc1ncccc1C(F)(F)F. The number of pyridine rings is 1. The summed E-state index contributed by atoms with van der Waals surface area (Å²) in [6.07, 6.45) is -1.03. The summed E-state index contributed by atoms with van der Waals surface area (Å²) in [6.45, 7) is 1.74. The van der Waals surface area contributed by atoms with Crippen molar-refractivity contribution in [2.45, 2.75) is 25.6 Å². The summed E-state index contributed by atoms with van der Waals surface area (Å²) in [6, 6.07) is 2.02. The van der Waals surface area contributed by atoms with Gasteiger partial charge in [-0.3, -0.25) is 4.21 Å². The van der Waals surface area contributed by atoms with Gasteiger partial charge < -0.3 is 5.32 Å². The summed E-state index contributed by atoms with van der Waals surface area (Å²) in [5, 5.41) is 2.71. The van der Waals surface area contributed by atoms with E-state index in [4.69, 9.17) is 0 Å². The average molecular weight is 280 g/mol. The maximum Gasteiger partial charge on any atom is 0.419 e. The van der Waals surface area contributed by atoms with Gasteiger partial charge in [0.25, 0.3) is 0 Å². The van der Waals surface area contributed by atoms with E-state index in [2.05, 4.69) is 10.3 Å². The number of alkyl halides is 3. The van der Waals surface area contributed by atoms with Crippen LogP contribution < -0.4 is 5.32 Å². The van der Waals surface area contributed by atoms with Gasteiger partial charge in [-0.2, -0.15) is 13.2 Å². The van der Waals surface area contributed by atoms with Gasteiger partial charge in [0.1, 0.15) is 5.82 Å². The third-order valence-corrected chi connectivity index (χ3v) is 3.15. The summed E-state index contributed by atoms with van der Waals surface area (Å²) >= 11 is 0. The van der Waals surface area contributed by atoms with Gasteiger partial charge in [0.15, 0.2) is 0 Å². The van der Waals surface area contributed by atoms with Crippen LogP contribution in [0.15, 0.2) is 18.3 Å². The Hall–Kier alpha value is -1.11. The Bertz CT molecular complexity index is 423. The molecule has 1 aromatic heterocycles. The van der Waals surface area contributed by atoms with E-state index in [0.717, 1.165) is 6.07 Å². The molecule has 1 heterocycles. The van der Waals surface area contributed by atoms with Crippen LogP contribution in [0.3, 0.4) is 0 Å². The summed E-state index contributed by atoms with van der Waals surface area (Å²) in [5.41, 5.74) is -0.783. The summed E-state index contributed by atoms with van der Waals surface area (Å²) in [4.78, 5) is 3.71. The van der Waals surface area contributed by atoms with Crippen LogP contribution in [0.4, 0.5) is 19.0 Å². The van der Waals surface area contributed by atoms with Crippen LogP contribution in [0.1, 0.15) is 18.9 Å². The fourth-order valence-corrected chi connectivity index (χ4v) is 2.08. The molecule has 18 heavy (non-hydrogen) atoms. The topological polar surface area (TPSA) is 42.0 Å². The number of anilines is 1. The Balaban J connectivity index is 2.75. The lowest BCUT2D eigenvalue weighted by molar-refractivity contribution is -0.137. The molecule has 2 unspecified atom stereocenters. The molecule has 0 amide bonds. The van der Waals surface area contributed by atoms with Gasteiger partial charge >= 0.3 is 6.18 Å². The molecular formula is C11H15F3N2OS. The van der Waals surface area contributed by atoms with E-state index in [1.165, 1.54) is 12.3 Å². The number of hydrogen-bond donors (Lipinski definition) is 1. The lowest BCUT2D eigenvalue weighted by atomic mass is 10.2. The minimum absolute atomic E-state index is 0.181. The standard InChI is InChI=1S/C11H15F3N2OS/c1-8(5-7-18(2)17)16-10-9(11(12,13)14)4-3-6-15-10/h3-4,6,8H,5,7H2,1-2H3,(H,15,16). The fourth-order valence-electron chi connectivity index (χ4n) is 1.40. The number of aromatic nitrogens is 1. The van der Waals surface area contributed by atoms with Crippen LogP contribution in [0.2, 0.25) is 0 Å². The van der Waals surface area contributed by atoms with E-state index in [-0.39, 0.29) is 11.9 Å². The first-order valence-electron chi connectivity index (χ1n) is 5.39. The van der Waals surface area contributed by atoms with Crippen molar-refractivity contribution in [3.63, 3.8) is 0 Å². The van der Waals surface area contributed by atoms with E-state index in [0.29, 0.717) is 12.2 Å². The van der Waals surface area contributed by atoms with Crippen LogP contribution in [-0.2, 0) is 17.0 Å². The molecule has 1 N–H and O–H groups in total. The van der Waals surface area contributed by atoms with Crippen molar-refractivity contribution in [3.05, 3.63) is 23.9 Å². The maximum absolute atomic E-state index is 12.7. The highest BCUT2D eigenvalue weighted by Gasteiger charge is 2.34. The van der Waals surface area contributed by atoms with Crippen molar-refractivity contribution in [2.75, 3.05) is 17.3 Å². The first-order valence-corrected chi connectivity index (χ1v) is 7.12. The van der Waals surface area contributed by atoms with Crippen molar-refractivity contribution < 1.29 is 17.4 Å². The van der Waals surface area contributed by atoms with Gasteiger partial charge in [-0.1, -0.05) is 0 Å². The molecule has 7 heteroatoms. The highest BCUT2D eigenvalue weighted by molar-refractivity contribution is 7.84. The van der Waals surface area contributed by atoms with Crippen LogP contribution in [0, 0.1) is 0 Å². The van der Waals surface area contributed by atoms with Crippen molar-refractivity contribution in [3.8, 4) is 0 Å². The van der Waals surface area contributed by atoms with Gasteiger partial charge in [0, 0.05) is 35.0 Å². The minimum Gasteiger partial charge on any atom is -0.367 e. The van der Waals surface area contributed by atoms with Gasteiger partial charge in [-0.15, -0.1) is 0 Å². The number of nitrogens with one attached hydrogen (secondary N) is 1. The third kappa shape index (κ3) is 4.64. The first-order chi connectivity index (χ1) is 8.30. The molecular weight excluding hydrogens is 265 g/mol. The third-order valence-electron chi connectivity index (χ3n) is 2.33. The zero-order valence-corrected chi connectivity index (χ0v) is 10.9. The van der Waals surface area contributed by atoms with Gasteiger partial charge in [0.2, 0.25) is 0 Å². The molecule has 3 nitrogen and oxygen atoms in total. The lowest BCUT2D eigenvalue weighted by Crippen LogP contribution is -2.21. The van der Waals surface area contributed by atoms with Gasteiger partial charge in [0.05, 0.1) is 5.56 Å². The van der Waals surface area contributed by atoms with Crippen LogP contribution >= 0.6 is 0 Å². The quantitative estimate of drug-likeness (QED) is 0.901. The van der Waals surface area contributed by atoms with E-state index in [1.807, 2.05) is 0 Å². The van der Waals surface area contributed by atoms with Crippen molar-refractivity contribution in [1.82, 2.24) is 4.98 Å². The second kappa shape index (κ2) is 6.17. The lowest BCUT2D eigenvalue weighted by Gasteiger charge is -2.17. The molecule has 0 radical (unpaired) electrons. The Kier molecular flexibility index (Phi) is 5.13. The van der Waals surface area contributed by atoms with Gasteiger partial charge in [-0.25, -0.2) is 4.98 Å². The van der Waals surface area contributed by atoms with E-state index in [1.54, 1.807) is 13.2 Å². The summed E-state index contributed by atoms with van der Waals surface area (Å²) in [7, 11) is -0.949. The molecule has 0 aliphatic rings. The van der Waals surface area contributed by atoms with E-state index >= 15 is 0 Å². The van der Waals surface area contributed by atoms with Crippen LogP contribution in [0.5, 0.6) is 0 Å². The predicted octanol–water partition coefficient (Wildman–Crippen LogP) is 2.67. The highest BCUT2D eigenvalue weighted by atomic mass is 32.2. The predicted molar refractivity (Wildman–Crippen MR) is 65.9 cm³/mol. The molecule has 0 aliphatic heterocycles. The molecule has 1 rings (SSSR count). The summed E-state index contributed by atoms with van der Waals surface area (Å²) < 4.78 is 49.0. The maximum atomic E-state index is 12.7. The normalized spacial score (nSPS) is 15.2. The minimum atomic E-state index is -4.43. The van der Waals surface area contributed by atoms with E-state index in [9.17, 15) is 17.4 Å². The Morgan fingerprint density at radius 3 is 2.72 bits per heavy atom. The molecule has 0 saturated heterocycles. The molecule has 2 atom stereocenters. The molecule has 102 valence electrons. The Morgan fingerprint density at radius 1 is 1.50 bits per heavy atom. The zero-order valence-electron chi connectivity index (χ0n) is 10.1. The molecule has 0 fully saturated rings. The highest BCUT2D eigenvalue weighted by Crippen LogP contribution is 2.33. The fraction of sp³-hybridized carbons (Fsp3) is 0.545. The van der Waals surface area contributed by atoms with E-state index < -0.39 is 22.5 Å². The smallest absolute Gasteiger partial charge is 0.367 e. The van der Waals surface area contributed by atoms with Gasteiger partial charge in [-0.05, 0) is 25.5 Å². The average Bonchev–Trinajstić information content (AvgIpc) is 2.25. The molecule has 0 spiro atoms. The molecule has 0 bridgehead atoms. The summed E-state index contributed by atoms with van der Waals surface area (Å²) in [5.74, 6) is 0.266. The number of halogens is 3. The zero-order chi connectivity index (χ0) is 13.8. The second-order valence-corrected chi connectivity index (χ2v) is 5.56. The number of nitrogens with zero attached hydrogens (tertiary/aromatic N) is 1. The number of hydrogen-bond acceptors (Lipinski definition) is 3. The Labute approximate surface area is 106 Å². The molecule has 0 aromatic carbocycles. The second-order valence-electron chi connectivity index (χ2n) is 4.01. The molecule has 0 saturated carbocycles. The first kappa shape index (κ1) is 14.9. The Morgan fingerprint density at radius 2 is 2.17 bits per heavy atom. The van der Waals surface area contributed by atoms with Crippen molar-refractivity contribution in [1.29, 1.82) is 0 Å². The largest absolute Gasteiger partial charge is 0.419 e. The van der Waals surface area contributed by atoms with Crippen LogP contribution in [-0.4, -0.2) is 27.2 Å². The van der Waals surface area contributed by atoms with Crippen molar-refractivity contribution >= 4 is 16.6 Å². The van der Waals surface area contributed by atoms with Crippen molar-refractivity contribution in [2.24, 2.45) is 0 Å². The molecule has 0 aliphatic carbocycles.